The molecular formula is C16H19NOS. The standard InChI is InChI=1S/C16H19NOS/c1-2-15(13-7-4-3-5-8-13)16(18)17-11-10-14-9-6-12-19-14/h3-9,12,15H,2,10-11H2,1H3,(H,17,18). The predicted molar refractivity (Wildman–Crippen MR) is 80.5 cm³/mol. The molecule has 1 unspecified atom stereocenters. The fraction of sp³-hybridized carbons (Fsp3) is 0.312. The minimum absolute atomic E-state index is 0.0375. The first kappa shape index (κ1) is 13.8. The minimum Gasteiger partial charge on any atom is -0.355 e. The lowest BCUT2D eigenvalue weighted by atomic mass is 9.96. The lowest BCUT2D eigenvalue weighted by Gasteiger charge is -2.15. The maximum absolute atomic E-state index is 12.2. The zero-order chi connectivity index (χ0) is 13.5. The zero-order valence-electron chi connectivity index (χ0n) is 11.1. The van der Waals surface area contributed by atoms with Gasteiger partial charge >= 0.3 is 0 Å². The van der Waals surface area contributed by atoms with E-state index >= 15 is 0 Å². The van der Waals surface area contributed by atoms with Crippen LogP contribution in [0.2, 0.25) is 0 Å². The first-order valence-electron chi connectivity index (χ1n) is 6.66. The molecule has 0 saturated carbocycles. The molecule has 0 aliphatic carbocycles. The van der Waals surface area contributed by atoms with Crippen LogP contribution in [-0.2, 0) is 11.2 Å². The van der Waals surface area contributed by atoms with Gasteiger partial charge in [-0.1, -0.05) is 43.3 Å². The Morgan fingerprint density at radius 1 is 1.21 bits per heavy atom. The number of thiophene rings is 1. The van der Waals surface area contributed by atoms with E-state index in [1.165, 1.54) is 4.88 Å². The van der Waals surface area contributed by atoms with Gasteiger partial charge in [0, 0.05) is 11.4 Å². The number of amides is 1. The molecule has 0 aliphatic heterocycles. The summed E-state index contributed by atoms with van der Waals surface area (Å²) >= 11 is 1.73. The summed E-state index contributed by atoms with van der Waals surface area (Å²) in [7, 11) is 0. The van der Waals surface area contributed by atoms with Crippen molar-refractivity contribution in [3.8, 4) is 0 Å². The Morgan fingerprint density at radius 2 is 2.00 bits per heavy atom. The highest BCUT2D eigenvalue weighted by molar-refractivity contribution is 7.09. The van der Waals surface area contributed by atoms with Gasteiger partial charge in [0.25, 0.3) is 0 Å². The predicted octanol–water partition coefficient (Wildman–Crippen LogP) is 3.60. The van der Waals surface area contributed by atoms with Gasteiger partial charge in [-0.2, -0.15) is 0 Å². The summed E-state index contributed by atoms with van der Waals surface area (Å²) in [4.78, 5) is 13.5. The molecule has 2 aromatic rings. The van der Waals surface area contributed by atoms with Crippen LogP contribution in [-0.4, -0.2) is 12.5 Å². The molecule has 0 aliphatic rings. The van der Waals surface area contributed by atoms with Crippen molar-refractivity contribution in [1.29, 1.82) is 0 Å². The molecule has 1 atom stereocenters. The van der Waals surface area contributed by atoms with Crippen LogP contribution in [0.15, 0.2) is 47.8 Å². The maximum Gasteiger partial charge on any atom is 0.227 e. The molecule has 1 amide bonds. The second-order valence-electron chi connectivity index (χ2n) is 4.49. The van der Waals surface area contributed by atoms with E-state index in [1.54, 1.807) is 11.3 Å². The minimum atomic E-state index is -0.0375. The molecule has 1 aromatic heterocycles. The lowest BCUT2D eigenvalue weighted by molar-refractivity contribution is -0.122. The highest BCUT2D eigenvalue weighted by Crippen LogP contribution is 2.19. The Bertz CT molecular complexity index is 493. The number of nitrogens with one attached hydrogen (secondary N) is 1. The molecule has 2 rings (SSSR count). The summed E-state index contributed by atoms with van der Waals surface area (Å²) in [6, 6.07) is 14.1. The molecular weight excluding hydrogens is 254 g/mol. The van der Waals surface area contributed by atoms with E-state index in [-0.39, 0.29) is 11.8 Å². The van der Waals surface area contributed by atoms with Gasteiger partial charge in [-0.25, -0.2) is 0 Å². The third kappa shape index (κ3) is 3.93. The average molecular weight is 273 g/mol. The van der Waals surface area contributed by atoms with Gasteiger partial charge in [-0.05, 0) is 29.9 Å². The van der Waals surface area contributed by atoms with Crippen LogP contribution in [0.4, 0.5) is 0 Å². The normalized spacial score (nSPS) is 12.1. The molecule has 2 nitrogen and oxygen atoms in total. The molecule has 0 bridgehead atoms. The van der Waals surface area contributed by atoms with E-state index in [2.05, 4.69) is 23.7 Å². The molecule has 3 heteroatoms. The van der Waals surface area contributed by atoms with Gasteiger partial charge in [0.2, 0.25) is 5.91 Å². The summed E-state index contributed by atoms with van der Waals surface area (Å²) in [6.07, 6.45) is 1.74. The van der Waals surface area contributed by atoms with Crippen LogP contribution >= 0.6 is 11.3 Å². The van der Waals surface area contributed by atoms with E-state index in [9.17, 15) is 4.79 Å². The first-order valence-corrected chi connectivity index (χ1v) is 7.54. The van der Waals surface area contributed by atoms with Gasteiger partial charge in [-0.15, -0.1) is 11.3 Å². The van der Waals surface area contributed by atoms with Gasteiger partial charge in [0.05, 0.1) is 5.92 Å². The van der Waals surface area contributed by atoms with Crippen LogP contribution in [0.3, 0.4) is 0 Å². The molecule has 1 aromatic carbocycles. The average Bonchev–Trinajstić information content (AvgIpc) is 2.94. The van der Waals surface area contributed by atoms with Crippen molar-refractivity contribution in [3.63, 3.8) is 0 Å². The Labute approximate surface area is 118 Å². The molecule has 0 radical (unpaired) electrons. The molecule has 0 spiro atoms. The fourth-order valence-corrected chi connectivity index (χ4v) is 2.85. The number of hydrogen-bond acceptors (Lipinski definition) is 2. The van der Waals surface area contributed by atoms with Crippen molar-refractivity contribution in [2.45, 2.75) is 25.7 Å². The fourth-order valence-electron chi connectivity index (χ4n) is 2.14. The Hall–Kier alpha value is -1.61. The van der Waals surface area contributed by atoms with Crippen molar-refractivity contribution in [3.05, 3.63) is 58.3 Å². The van der Waals surface area contributed by atoms with Gasteiger partial charge in [0.15, 0.2) is 0 Å². The van der Waals surface area contributed by atoms with Crippen molar-refractivity contribution in [1.82, 2.24) is 5.32 Å². The topological polar surface area (TPSA) is 29.1 Å². The maximum atomic E-state index is 12.2. The van der Waals surface area contributed by atoms with Crippen LogP contribution in [0.1, 0.15) is 29.7 Å². The third-order valence-corrected chi connectivity index (χ3v) is 4.11. The largest absolute Gasteiger partial charge is 0.355 e. The summed E-state index contributed by atoms with van der Waals surface area (Å²) < 4.78 is 0. The lowest BCUT2D eigenvalue weighted by Crippen LogP contribution is -2.30. The van der Waals surface area contributed by atoms with Crippen molar-refractivity contribution >= 4 is 17.2 Å². The van der Waals surface area contributed by atoms with Crippen LogP contribution in [0.5, 0.6) is 0 Å². The molecule has 100 valence electrons. The molecule has 0 saturated heterocycles. The second-order valence-corrected chi connectivity index (χ2v) is 5.52. The van der Waals surface area contributed by atoms with Crippen molar-refractivity contribution < 1.29 is 4.79 Å². The van der Waals surface area contributed by atoms with Crippen LogP contribution in [0.25, 0.3) is 0 Å². The van der Waals surface area contributed by atoms with Gasteiger partial charge in [0.1, 0.15) is 0 Å². The SMILES string of the molecule is CCC(C(=O)NCCc1cccs1)c1ccccc1. The highest BCUT2D eigenvalue weighted by Gasteiger charge is 2.17. The number of carbonyl (C=O) groups excluding carboxylic acids is 1. The summed E-state index contributed by atoms with van der Waals surface area (Å²) in [5.74, 6) is 0.0924. The Kier molecular flexibility index (Phi) is 5.16. The summed E-state index contributed by atoms with van der Waals surface area (Å²) in [5, 5.41) is 5.10. The van der Waals surface area contributed by atoms with E-state index in [4.69, 9.17) is 0 Å². The monoisotopic (exact) mass is 273 g/mol. The molecule has 19 heavy (non-hydrogen) atoms. The number of carbonyl (C=O) groups is 1. The van der Waals surface area contributed by atoms with E-state index in [0.29, 0.717) is 6.54 Å². The van der Waals surface area contributed by atoms with Crippen molar-refractivity contribution in [2.75, 3.05) is 6.54 Å². The van der Waals surface area contributed by atoms with E-state index in [0.717, 1.165) is 18.4 Å². The summed E-state index contributed by atoms with van der Waals surface area (Å²) in [5.41, 5.74) is 1.10. The molecule has 0 fully saturated rings. The summed E-state index contributed by atoms with van der Waals surface area (Å²) in [6.45, 7) is 2.76. The van der Waals surface area contributed by atoms with Crippen LogP contribution in [0, 0.1) is 0 Å². The Balaban J connectivity index is 1.87. The number of hydrogen-bond donors (Lipinski definition) is 1. The quantitative estimate of drug-likeness (QED) is 0.856. The zero-order valence-corrected chi connectivity index (χ0v) is 12.0. The smallest absolute Gasteiger partial charge is 0.227 e. The molecule has 1 N–H and O–H groups in total. The number of benzene rings is 1. The Morgan fingerprint density at radius 3 is 2.63 bits per heavy atom. The van der Waals surface area contributed by atoms with E-state index < -0.39 is 0 Å². The second kappa shape index (κ2) is 7.10. The van der Waals surface area contributed by atoms with Gasteiger partial charge in [-0.3, -0.25) is 4.79 Å². The highest BCUT2D eigenvalue weighted by atomic mass is 32.1. The molecule has 1 heterocycles. The number of rotatable bonds is 6. The van der Waals surface area contributed by atoms with Crippen molar-refractivity contribution in [2.24, 2.45) is 0 Å². The van der Waals surface area contributed by atoms with E-state index in [1.807, 2.05) is 36.4 Å². The van der Waals surface area contributed by atoms with Gasteiger partial charge < -0.3 is 5.32 Å². The first-order chi connectivity index (χ1) is 9.31. The van der Waals surface area contributed by atoms with Crippen LogP contribution < -0.4 is 5.32 Å². The third-order valence-electron chi connectivity index (χ3n) is 3.18.